The van der Waals surface area contributed by atoms with Gasteiger partial charge in [0.2, 0.25) is 11.5 Å². The Morgan fingerprint density at radius 2 is 1.25 bits per heavy atom. The minimum Gasteiger partial charge on any atom is -0.504 e. The number of benzene rings is 4. The topological polar surface area (TPSA) is 72.9 Å². The first-order chi connectivity index (χ1) is 21.4. The molecule has 6 bridgehead atoms. The van der Waals surface area contributed by atoms with Gasteiger partial charge >= 0.3 is 0 Å². The Balaban J connectivity index is 1.38. The lowest BCUT2D eigenvalue weighted by atomic mass is 9.86. The van der Waals surface area contributed by atoms with E-state index in [1.165, 1.54) is 11.1 Å². The Morgan fingerprint density at radius 1 is 0.659 bits per heavy atom. The maximum absolute atomic E-state index is 11.3. The quantitative estimate of drug-likeness (QED) is 0.236. The molecule has 5 heterocycles. The van der Waals surface area contributed by atoms with Crippen LogP contribution in [0, 0.1) is 0 Å². The molecule has 8 heteroatoms. The van der Waals surface area contributed by atoms with Crippen molar-refractivity contribution in [3.8, 4) is 51.7 Å². The highest BCUT2D eigenvalue weighted by molar-refractivity contribution is 5.71. The number of methoxy groups -OCH3 is 2. The number of hydrogen-bond donors (Lipinski definition) is 1. The molecular formula is C36H36N2O6. The smallest absolute Gasteiger partial charge is 0.212 e. The van der Waals surface area contributed by atoms with E-state index in [1.54, 1.807) is 14.2 Å². The maximum atomic E-state index is 11.3. The summed E-state index contributed by atoms with van der Waals surface area (Å²) in [6.07, 6.45) is 3.15. The largest absolute Gasteiger partial charge is 0.504 e. The van der Waals surface area contributed by atoms with E-state index in [1.807, 2.05) is 24.3 Å². The molecule has 0 unspecified atom stereocenters. The van der Waals surface area contributed by atoms with Gasteiger partial charge in [0.05, 0.1) is 14.2 Å². The summed E-state index contributed by atoms with van der Waals surface area (Å²) >= 11 is 0. The lowest BCUT2D eigenvalue weighted by Gasteiger charge is -2.40. The molecule has 2 atom stereocenters. The molecule has 1 N–H and O–H groups in total. The minimum absolute atomic E-state index is 0.00551. The number of hydrogen-bond acceptors (Lipinski definition) is 8. The van der Waals surface area contributed by atoms with E-state index in [0.29, 0.717) is 40.2 Å². The van der Waals surface area contributed by atoms with Crippen LogP contribution in [-0.2, 0) is 25.7 Å². The molecule has 9 rings (SSSR count). The average molecular weight is 593 g/mol. The van der Waals surface area contributed by atoms with E-state index in [2.05, 4.69) is 54.2 Å². The fourth-order valence-corrected chi connectivity index (χ4v) is 7.33. The SMILES string of the molecule is COc1ccc2cc1Oc1ccc(cc1)C[C@@H]1c3c(cc(O)c4c3Oc3c(c(OC)cc5c3[C@H](C2)N(C)CC5)O4)CCN1C. The van der Waals surface area contributed by atoms with Crippen LogP contribution in [0.15, 0.2) is 54.6 Å². The van der Waals surface area contributed by atoms with Crippen molar-refractivity contribution in [3.05, 3.63) is 88.0 Å². The van der Waals surface area contributed by atoms with Crippen molar-refractivity contribution in [1.29, 1.82) is 0 Å². The number of phenols is 1. The third-order valence-electron chi connectivity index (χ3n) is 9.73. The normalized spacial score (nSPS) is 20.2. The summed E-state index contributed by atoms with van der Waals surface area (Å²) in [5.74, 6) is 4.92. The van der Waals surface area contributed by atoms with Gasteiger partial charge in [-0.3, -0.25) is 9.80 Å². The van der Waals surface area contributed by atoms with Gasteiger partial charge in [0.25, 0.3) is 0 Å². The first kappa shape index (κ1) is 27.2. The van der Waals surface area contributed by atoms with Gasteiger partial charge in [0.1, 0.15) is 5.75 Å². The van der Waals surface area contributed by atoms with Gasteiger partial charge < -0.3 is 28.8 Å². The standard InChI is InChI=1S/C36H36N2O6/c1-37-13-11-22-18-27(39)33-35-31(22)25(37)15-20-5-8-24(9-6-20)42-29-17-21(7-10-28(29)40-3)16-26-32-23(12-14-38(26)2)19-30(41-4)34(43-33)36(32)44-35/h5-10,17-19,25-26,39H,11-16H2,1-4H3/t25-,26+/m1/s1. The molecule has 0 fully saturated rings. The zero-order valence-electron chi connectivity index (χ0n) is 25.5. The zero-order chi connectivity index (χ0) is 30.1. The van der Waals surface area contributed by atoms with Crippen LogP contribution in [0.1, 0.15) is 45.5 Å². The Bertz CT molecular complexity index is 1790. The Morgan fingerprint density at radius 3 is 1.93 bits per heavy atom. The van der Waals surface area contributed by atoms with E-state index in [0.717, 1.165) is 66.8 Å². The van der Waals surface area contributed by atoms with Gasteiger partial charge in [-0.1, -0.05) is 18.2 Å². The lowest BCUT2D eigenvalue weighted by Crippen LogP contribution is -2.35. The molecule has 4 aromatic carbocycles. The highest BCUT2D eigenvalue weighted by atomic mass is 16.6. The summed E-state index contributed by atoms with van der Waals surface area (Å²) in [4.78, 5) is 4.74. The van der Waals surface area contributed by atoms with Gasteiger partial charge in [-0.2, -0.15) is 0 Å². The average Bonchev–Trinajstić information content (AvgIpc) is 3.03. The van der Waals surface area contributed by atoms with Crippen LogP contribution in [0.5, 0.6) is 51.7 Å². The van der Waals surface area contributed by atoms with Crippen LogP contribution in [0.25, 0.3) is 0 Å². The summed E-state index contributed by atoms with van der Waals surface area (Å²) < 4.78 is 31.6. The Hall–Kier alpha value is -4.40. The summed E-state index contributed by atoms with van der Waals surface area (Å²) in [5, 5.41) is 11.3. The van der Waals surface area contributed by atoms with Gasteiger partial charge in [-0.05, 0) is 98.4 Å². The first-order valence-electron chi connectivity index (χ1n) is 15.2. The number of nitrogens with zero attached hydrogens (tertiary/aromatic N) is 2. The molecule has 0 radical (unpaired) electrons. The van der Waals surface area contributed by atoms with Crippen molar-refractivity contribution < 1.29 is 28.8 Å². The second-order valence-corrected chi connectivity index (χ2v) is 12.3. The van der Waals surface area contributed by atoms with Crippen molar-refractivity contribution in [2.75, 3.05) is 41.4 Å². The van der Waals surface area contributed by atoms with Gasteiger partial charge in [-0.25, -0.2) is 0 Å². The molecule has 8 nitrogen and oxygen atoms in total. The van der Waals surface area contributed by atoms with Crippen LogP contribution in [0.3, 0.4) is 0 Å². The van der Waals surface area contributed by atoms with Crippen LogP contribution >= 0.6 is 0 Å². The van der Waals surface area contributed by atoms with E-state index < -0.39 is 0 Å². The summed E-state index contributed by atoms with van der Waals surface area (Å²) in [7, 11) is 7.63. The molecule has 5 aliphatic rings. The molecule has 0 aromatic heterocycles. The van der Waals surface area contributed by atoms with Crippen LogP contribution in [0.4, 0.5) is 0 Å². The van der Waals surface area contributed by atoms with Gasteiger partial charge in [-0.15, -0.1) is 0 Å². The van der Waals surface area contributed by atoms with Crippen molar-refractivity contribution in [2.24, 2.45) is 0 Å². The van der Waals surface area contributed by atoms with Crippen molar-refractivity contribution in [3.63, 3.8) is 0 Å². The number of ether oxygens (including phenoxy) is 5. The molecule has 226 valence electrons. The van der Waals surface area contributed by atoms with Gasteiger partial charge in [0.15, 0.2) is 34.5 Å². The predicted octanol–water partition coefficient (Wildman–Crippen LogP) is 6.96. The number of rotatable bonds is 2. The molecule has 0 spiro atoms. The van der Waals surface area contributed by atoms with Gasteiger partial charge in [0, 0.05) is 36.3 Å². The summed E-state index contributed by atoms with van der Waals surface area (Å²) in [5.41, 5.74) is 6.71. The van der Waals surface area contributed by atoms with Crippen LogP contribution in [0.2, 0.25) is 0 Å². The molecule has 4 aromatic rings. The molecule has 5 aliphatic heterocycles. The number of aromatic hydroxyl groups is 1. The molecular weight excluding hydrogens is 556 g/mol. The minimum atomic E-state index is 0.00551. The second-order valence-electron chi connectivity index (χ2n) is 12.3. The first-order valence-corrected chi connectivity index (χ1v) is 15.2. The van der Waals surface area contributed by atoms with Crippen LogP contribution < -0.4 is 23.7 Å². The van der Waals surface area contributed by atoms with E-state index in [9.17, 15) is 5.11 Å². The van der Waals surface area contributed by atoms with E-state index in [4.69, 9.17) is 23.7 Å². The number of phenolic OH excluding ortho intramolecular Hbond substituents is 1. The third kappa shape index (κ3) is 4.27. The summed E-state index contributed by atoms with van der Waals surface area (Å²) in [6, 6.07) is 18.4. The molecule has 0 saturated carbocycles. The van der Waals surface area contributed by atoms with Crippen molar-refractivity contribution in [2.45, 2.75) is 37.8 Å². The van der Waals surface area contributed by atoms with Crippen LogP contribution in [-0.4, -0.2) is 56.3 Å². The predicted molar refractivity (Wildman–Crippen MR) is 166 cm³/mol. The van der Waals surface area contributed by atoms with Crippen molar-refractivity contribution in [1.82, 2.24) is 9.80 Å². The number of likely N-dealkylation sites (N-methyl/N-ethyl adjacent to an activating group) is 2. The fourth-order valence-electron chi connectivity index (χ4n) is 7.33. The second kappa shape index (κ2) is 10.4. The van der Waals surface area contributed by atoms with E-state index >= 15 is 0 Å². The lowest BCUT2D eigenvalue weighted by molar-refractivity contribution is 0.210. The van der Waals surface area contributed by atoms with Crippen molar-refractivity contribution >= 4 is 0 Å². The molecule has 44 heavy (non-hydrogen) atoms. The highest BCUT2D eigenvalue weighted by Crippen LogP contribution is 2.60. The van der Waals surface area contributed by atoms with E-state index in [-0.39, 0.29) is 17.8 Å². The molecule has 0 saturated heterocycles. The molecule has 0 amide bonds. The zero-order valence-corrected chi connectivity index (χ0v) is 25.5. The Kier molecular flexibility index (Phi) is 6.39. The highest BCUT2D eigenvalue weighted by Gasteiger charge is 2.40. The molecule has 0 aliphatic carbocycles. The summed E-state index contributed by atoms with van der Waals surface area (Å²) in [6.45, 7) is 1.77. The Labute approximate surface area is 257 Å². The third-order valence-corrected chi connectivity index (χ3v) is 9.73. The maximum Gasteiger partial charge on any atom is 0.212 e. The monoisotopic (exact) mass is 592 g/mol. The number of fused-ring (bicyclic) bond motifs is 2. The fraction of sp³-hybridized carbons (Fsp3) is 0.333.